The second kappa shape index (κ2) is 8.52. The van der Waals surface area contributed by atoms with E-state index in [1.54, 1.807) is 0 Å². The molecule has 3 N–H and O–H groups in total. The van der Waals surface area contributed by atoms with Crippen LogP contribution in [0, 0.1) is 0 Å². The number of H-pyrrole nitrogens is 1. The molecule has 0 atom stereocenters. The highest BCUT2D eigenvalue weighted by Gasteiger charge is 2.24. The van der Waals surface area contributed by atoms with Gasteiger partial charge in [-0.1, -0.05) is 23.7 Å². The summed E-state index contributed by atoms with van der Waals surface area (Å²) in [5, 5.41) is 7.17. The van der Waals surface area contributed by atoms with Crippen molar-refractivity contribution >= 4 is 45.1 Å². The van der Waals surface area contributed by atoms with Gasteiger partial charge < -0.3 is 20.4 Å². The van der Waals surface area contributed by atoms with E-state index in [4.69, 9.17) is 16.3 Å². The summed E-state index contributed by atoms with van der Waals surface area (Å²) in [6.45, 7) is 0.608. The number of hydrogen-bond acceptors (Lipinski definition) is 7. The van der Waals surface area contributed by atoms with Crippen LogP contribution in [0.1, 0.15) is 5.56 Å². The van der Waals surface area contributed by atoms with Crippen LogP contribution in [-0.4, -0.2) is 41.7 Å². The molecule has 2 aromatic heterocycles. The number of fused-ring (bicyclic) bond motifs is 1. The molecule has 0 unspecified atom stereocenters. The summed E-state index contributed by atoms with van der Waals surface area (Å²) in [5.41, 5.74) is 3.91. The maximum atomic E-state index is 11.2. The fourth-order valence-electron chi connectivity index (χ4n) is 3.22. The van der Waals surface area contributed by atoms with Crippen LogP contribution in [-0.2, 0) is 17.3 Å². The molecule has 0 spiro atoms. The first-order chi connectivity index (χ1) is 15.1. The van der Waals surface area contributed by atoms with E-state index in [0.717, 1.165) is 22.3 Å². The van der Waals surface area contributed by atoms with E-state index < -0.39 is 10.8 Å². The topological polar surface area (TPSA) is 105 Å². The van der Waals surface area contributed by atoms with Gasteiger partial charge >= 0.3 is 6.01 Å². The molecule has 8 nitrogen and oxygen atoms in total. The normalized spacial score (nSPS) is 17.8. The third-order valence-corrected chi connectivity index (χ3v) is 6.56. The number of nitrogens with zero attached hydrogens (tertiary/aromatic N) is 3. The summed E-state index contributed by atoms with van der Waals surface area (Å²) < 4.78 is 16.9. The molecular formula is C21H19ClN6O2S. The molecule has 0 radical (unpaired) electrons. The lowest BCUT2D eigenvalue weighted by atomic mass is 10.2. The van der Waals surface area contributed by atoms with E-state index >= 15 is 0 Å². The molecule has 1 saturated heterocycles. The largest absolute Gasteiger partial charge is 0.424 e. The number of imidazole rings is 1. The van der Waals surface area contributed by atoms with Gasteiger partial charge in [0.05, 0.1) is 28.4 Å². The van der Waals surface area contributed by atoms with E-state index in [2.05, 4.69) is 30.6 Å². The first-order valence-electron chi connectivity index (χ1n) is 9.70. The number of benzene rings is 2. The Kier molecular flexibility index (Phi) is 5.44. The third-order valence-electron chi connectivity index (χ3n) is 4.82. The summed E-state index contributed by atoms with van der Waals surface area (Å²) in [6, 6.07) is 14.2. The molecular weight excluding hydrogens is 436 g/mol. The first-order valence-corrected chi connectivity index (χ1v) is 11.6. The van der Waals surface area contributed by atoms with E-state index in [1.165, 1.54) is 12.4 Å². The number of rotatable bonds is 7. The quantitative estimate of drug-likeness (QED) is 0.388. The lowest BCUT2D eigenvalue weighted by molar-refractivity contribution is 0.441. The minimum atomic E-state index is -0.664. The van der Waals surface area contributed by atoms with Gasteiger partial charge in [0.2, 0.25) is 5.95 Å². The molecule has 0 amide bonds. The molecule has 0 bridgehead atoms. The van der Waals surface area contributed by atoms with Gasteiger partial charge in [-0.15, -0.1) is 0 Å². The van der Waals surface area contributed by atoms with Crippen molar-refractivity contribution in [2.45, 2.75) is 12.6 Å². The Balaban J connectivity index is 1.19. The van der Waals surface area contributed by atoms with Crippen molar-refractivity contribution in [1.29, 1.82) is 0 Å². The van der Waals surface area contributed by atoms with E-state index in [-0.39, 0.29) is 12.1 Å². The summed E-state index contributed by atoms with van der Waals surface area (Å²) >= 11 is 5.78. The SMILES string of the molecule is O=S1CC(Nc2ccc3nc(NCc4ccc(Oc5ncc(Cl)cn5)cc4)[nH]c3c2)C1. The van der Waals surface area contributed by atoms with Crippen molar-refractivity contribution in [2.75, 3.05) is 22.1 Å². The Labute approximate surface area is 185 Å². The van der Waals surface area contributed by atoms with Crippen molar-refractivity contribution < 1.29 is 8.95 Å². The molecule has 0 saturated carbocycles. The second-order valence-electron chi connectivity index (χ2n) is 7.22. The molecule has 5 rings (SSSR count). The van der Waals surface area contributed by atoms with Crippen LogP contribution in [0.3, 0.4) is 0 Å². The van der Waals surface area contributed by atoms with Crippen molar-refractivity contribution in [3.8, 4) is 11.8 Å². The maximum Gasteiger partial charge on any atom is 0.321 e. The zero-order valence-electron chi connectivity index (χ0n) is 16.3. The molecule has 31 heavy (non-hydrogen) atoms. The van der Waals surface area contributed by atoms with Gasteiger partial charge in [0.15, 0.2) is 0 Å². The van der Waals surface area contributed by atoms with Crippen LogP contribution < -0.4 is 15.4 Å². The zero-order valence-corrected chi connectivity index (χ0v) is 17.9. The Morgan fingerprint density at radius 3 is 2.65 bits per heavy atom. The summed E-state index contributed by atoms with van der Waals surface area (Å²) in [6.07, 6.45) is 2.98. The van der Waals surface area contributed by atoms with Gasteiger partial charge in [0.1, 0.15) is 5.75 Å². The van der Waals surface area contributed by atoms with Crippen molar-refractivity contribution in [2.24, 2.45) is 0 Å². The molecule has 2 aromatic carbocycles. The number of ether oxygens (including phenoxy) is 1. The highest BCUT2D eigenvalue weighted by Crippen LogP contribution is 2.22. The van der Waals surface area contributed by atoms with Gasteiger partial charge in [-0.05, 0) is 35.9 Å². The standard InChI is InChI=1S/C21H19ClN6O2S/c22-14-9-24-21(25-10-14)30-17-4-1-13(2-5-17)8-23-20-27-18-6-3-15(7-19(18)28-20)26-16-11-31(29)12-16/h1-7,9-10,16,26H,8,11-12H2,(H2,23,27,28). The number of aromatic amines is 1. The Hall–Kier alpha value is -3.17. The summed E-state index contributed by atoms with van der Waals surface area (Å²) in [5.74, 6) is 2.77. The average Bonchev–Trinajstić information content (AvgIpc) is 3.16. The summed E-state index contributed by atoms with van der Waals surface area (Å²) in [7, 11) is -0.664. The molecule has 158 valence electrons. The van der Waals surface area contributed by atoms with Gasteiger partial charge in [0, 0.05) is 40.6 Å². The predicted octanol–water partition coefficient (Wildman–Crippen LogP) is 3.95. The fourth-order valence-corrected chi connectivity index (χ4v) is 4.29. The Morgan fingerprint density at radius 2 is 1.90 bits per heavy atom. The molecule has 1 fully saturated rings. The molecule has 0 aliphatic carbocycles. The zero-order chi connectivity index (χ0) is 21.2. The minimum Gasteiger partial charge on any atom is -0.424 e. The van der Waals surface area contributed by atoms with Crippen molar-refractivity contribution in [3.63, 3.8) is 0 Å². The van der Waals surface area contributed by atoms with E-state index in [0.29, 0.717) is 34.8 Å². The number of nitrogens with one attached hydrogen (secondary N) is 3. The summed E-state index contributed by atoms with van der Waals surface area (Å²) in [4.78, 5) is 15.9. The van der Waals surface area contributed by atoms with E-state index in [1.807, 2.05) is 42.5 Å². The Morgan fingerprint density at radius 1 is 1.13 bits per heavy atom. The first kappa shape index (κ1) is 19.8. The molecule has 10 heteroatoms. The monoisotopic (exact) mass is 454 g/mol. The molecule has 3 heterocycles. The third kappa shape index (κ3) is 4.78. The van der Waals surface area contributed by atoms with Crippen LogP contribution in [0.25, 0.3) is 11.0 Å². The highest BCUT2D eigenvalue weighted by atomic mass is 35.5. The van der Waals surface area contributed by atoms with Crippen LogP contribution in [0.4, 0.5) is 11.6 Å². The van der Waals surface area contributed by atoms with Gasteiger partial charge in [-0.3, -0.25) is 4.21 Å². The predicted molar refractivity (Wildman–Crippen MR) is 122 cm³/mol. The minimum absolute atomic E-state index is 0.247. The van der Waals surface area contributed by atoms with Crippen LogP contribution in [0.5, 0.6) is 11.8 Å². The fraction of sp³-hybridized carbons (Fsp3) is 0.190. The number of halogens is 1. The van der Waals surface area contributed by atoms with Gasteiger partial charge in [0.25, 0.3) is 0 Å². The molecule has 1 aliphatic rings. The average molecular weight is 455 g/mol. The van der Waals surface area contributed by atoms with E-state index in [9.17, 15) is 4.21 Å². The van der Waals surface area contributed by atoms with Crippen molar-refractivity contribution in [3.05, 3.63) is 65.4 Å². The lowest BCUT2D eigenvalue weighted by Crippen LogP contribution is -2.42. The van der Waals surface area contributed by atoms with Crippen LogP contribution >= 0.6 is 11.6 Å². The number of aromatic nitrogens is 4. The van der Waals surface area contributed by atoms with Crippen LogP contribution in [0.2, 0.25) is 5.02 Å². The molecule has 4 aromatic rings. The lowest BCUT2D eigenvalue weighted by Gasteiger charge is -2.26. The highest BCUT2D eigenvalue weighted by molar-refractivity contribution is 7.86. The second-order valence-corrected chi connectivity index (χ2v) is 9.20. The van der Waals surface area contributed by atoms with Crippen LogP contribution in [0.15, 0.2) is 54.9 Å². The molecule has 1 aliphatic heterocycles. The number of hydrogen-bond donors (Lipinski definition) is 3. The van der Waals surface area contributed by atoms with Gasteiger partial charge in [-0.25, -0.2) is 15.0 Å². The number of anilines is 2. The van der Waals surface area contributed by atoms with Gasteiger partial charge in [-0.2, -0.15) is 0 Å². The maximum absolute atomic E-state index is 11.2. The Bertz CT molecular complexity index is 1220. The smallest absolute Gasteiger partial charge is 0.321 e. The van der Waals surface area contributed by atoms with Crippen molar-refractivity contribution in [1.82, 2.24) is 19.9 Å².